The molecule has 0 radical (unpaired) electrons. The average Bonchev–Trinajstić information content (AvgIpc) is 2.35. The summed E-state index contributed by atoms with van der Waals surface area (Å²) in [4.78, 5) is 16.5. The molecular weight excluding hydrogens is 240 g/mol. The molecule has 0 aliphatic heterocycles. The van der Waals surface area contributed by atoms with Crippen LogP contribution in [0.1, 0.15) is 28.5 Å². The number of aryl methyl sites for hydroxylation is 2. The number of hydrogen-bond donors (Lipinski definition) is 2. The van der Waals surface area contributed by atoms with Gasteiger partial charge in [0.15, 0.2) is 0 Å². The summed E-state index contributed by atoms with van der Waals surface area (Å²) in [7, 11) is 0. The lowest BCUT2D eigenvalue weighted by molar-refractivity contribution is 0.0923. The zero-order valence-corrected chi connectivity index (χ0v) is 11.4. The van der Waals surface area contributed by atoms with Crippen molar-refractivity contribution in [1.29, 1.82) is 0 Å². The molecule has 1 aromatic carbocycles. The van der Waals surface area contributed by atoms with E-state index in [1.165, 1.54) is 0 Å². The smallest absolute Gasteiger partial charge is 0.253 e. The highest BCUT2D eigenvalue weighted by Gasteiger charge is 2.12. The standard InChI is InChI=1S/C15H18N2O2/c1-9-4-5-14-12(6-9)7-13(11(3)17-14)15(19)16-8-10(2)18/h4-7,10,18H,8H2,1-3H3,(H,16,19). The van der Waals surface area contributed by atoms with E-state index in [1.807, 2.05) is 38.1 Å². The van der Waals surface area contributed by atoms with E-state index in [4.69, 9.17) is 0 Å². The molecule has 4 nitrogen and oxygen atoms in total. The number of fused-ring (bicyclic) bond motifs is 1. The van der Waals surface area contributed by atoms with Crippen LogP contribution in [0.2, 0.25) is 0 Å². The minimum Gasteiger partial charge on any atom is -0.392 e. The number of carbonyl (C=O) groups excluding carboxylic acids is 1. The van der Waals surface area contributed by atoms with Gasteiger partial charge in [-0.1, -0.05) is 11.6 Å². The molecular formula is C15H18N2O2. The van der Waals surface area contributed by atoms with Crippen LogP contribution in [-0.2, 0) is 0 Å². The second-order valence-corrected chi connectivity index (χ2v) is 4.88. The lowest BCUT2D eigenvalue weighted by atomic mass is 10.1. The Morgan fingerprint density at radius 2 is 2.11 bits per heavy atom. The Hall–Kier alpha value is -1.94. The van der Waals surface area contributed by atoms with Gasteiger partial charge in [0.1, 0.15) is 0 Å². The van der Waals surface area contributed by atoms with E-state index in [0.29, 0.717) is 11.3 Å². The SMILES string of the molecule is Cc1ccc2nc(C)c(C(=O)NCC(C)O)cc2c1. The number of hydrogen-bond acceptors (Lipinski definition) is 3. The number of amides is 1. The Kier molecular flexibility index (Phi) is 3.81. The van der Waals surface area contributed by atoms with Crippen LogP contribution in [-0.4, -0.2) is 28.6 Å². The molecule has 4 heteroatoms. The largest absolute Gasteiger partial charge is 0.392 e. The van der Waals surface area contributed by atoms with Crippen molar-refractivity contribution in [2.75, 3.05) is 6.54 Å². The van der Waals surface area contributed by atoms with Gasteiger partial charge in [0, 0.05) is 11.9 Å². The second-order valence-electron chi connectivity index (χ2n) is 4.88. The Balaban J connectivity index is 2.37. The molecule has 2 rings (SSSR count). The van der Waals surface area contributed by atoms with E-state index in [2.05, 4.69) is 10.3 Å². The van der Waals surface area contributed by atoms with Crippen LogP contribution in [0.25, 0.3) is 10.9 Å². The zero-order chi connectivity index (χ0) is 14.0. The highest BCUT2D eigenvalue weighted by Crippen LogP contribution is 2.18. The number of carbonyl (C=O) groups is 1. The molecule has 1 atom stereocenters. The highest BCUT2D eigenvalue weighted by atomic mass is 16.3. The first kappa shape index (κ1) is 13.5. The average molecular weight is 258 g/mol. The molecule has 0 spiro atoms. The molecule has 1 heterocycles. The fraction of sp³-hybridized carbons (Fsp3) is 0.333. The minimum atomic E-state index is -0.556. The lowest BCUT2D eigenvalue weighted by Gasteiger charge is -2.10. The van der Waals surface area contributed by atoms with Crippen molar-refractivity contribution in [3.63, 3.8) is 0 Å². The molecule has 2 N–H and O–H groups in total. The normalized spacial score (nSPS) is 12.4. The summed E-state index contributed by atoms with van der Waals surface area (Å²) in [5.41, 5.74) is 3.27. The maximum Gasteiger partial charge on any atom is 0.253 e. The fourth-order valence-corrected chi connectivity index (χ4v) is 1.96. The molecule has 0 bridgehead atoms. The van der Waals surface area contributed by atoms with E-state index >= 15 is 0 Å². The van der Waals surface area contributed by atoms with Crippen molar-refractivity contribution in [3.8, 4) is 0 Å². The van der Waals surface area contributed by atoms with Gasteiger partial charge in [0.25, 0.3) is 5.91 Å². The Morgan fingerprint density at radius 1 is 1.37 bits per heavy atom. The van der Waals surface area contributed by atoms with Gasteiger partial charge in [-0.3, -0.25) is 9.78 Å². The van der Waals surface area contributed by atoms with Gasteiger partial charge in [0.2, 0.25) is 0 Å². The van der Waals surface area contributed by atoms with Crippen LogP contribution in [0, 0.1) is 13.8 Å². The number of benzene rings is 1. The number of nitrogens with zero attached hydrogens (tertiary/aromatic N) is 1. The van der Waals surface area contributed by atoms with E-state index in [9.17, 15) is 9.90 Å². The quantitative estimate of drug-likeness (QED) is 0.884. The molecule has 1 aromatic heterocycles. The second kappa shape index (κ2) is 5.36. The summed E-state index contributed by atoms with van der Waals surface area (Å²) in [6.45, 7) is 5.70. The number of nitrogens with one attached hydrogen (secondary N) is 1. The van der Waals surface area contributed by atoms with Gasteiger partial charge in [-0.2, -0.15) is 0 Å². The van der Waals surface area contributed by atoms with Crippen LogP contribution in [0.3, 0.4) is 0 Å². The number of aromatic nitrogens is 1. The van der Waals surface area contributed by atoms with E-state index in [-0.39, 0.29) is 12.5 Å². The van der Waals surface area contributed by atoms with Crippen molar-refractivity contribution < 1.29 is 9.90 Å². The number of aliphatic hydroxyl groups is 1. The molecule has 100 valence electrons. The van der Waals surface area contributed by atoms with Crippen molar-refractivity contribution in [2.45, 2.75) is 26.9 Å². The molecule has 2 aromatic rings. The first-order valence-corrected chi connectivity index (χ1v) is 6.31. The van der Waals surface area contributed by atoms with Crippen LogP contribution in [0.4, 0.5) is 0 Å². The van der Waals surface area contributed by atoms with Crippen LogP contribution < -0.4 is 5.32 Å². The van der Waals surface area contributed by atoms with Gasteiger partial charge < -0.3 is 10.4 Å². The molecule has 1 amide bonds. The zero-order valence-electron chi connectivity index (χ0n) is 11.4. The Morgan fingerprint density at radius 3 is 2.79 bits per heavy atom. The van der Waals surface area contributed by atoms with Crippen molar-refractivity contribution in [1.82, 2.24) is 10.3 Å². The van der Waals surface area contributed by atoms with E-state index in [0.717, 1.165) is 16.5 Å². The van der Waals surface area contributed by atoms with Crippen molar-refractivity contribution >= 4 is 16.8 Å². The van der Waals surface area contributed by atoms with E-state index < -0.39 is 6.10 Å². The molecule has 1 unspecified atom stereocenters. The van der Waals surface area contributed by atoms with E-state index in [1.54, 1.807) is 6.92 Å². The lowest BCUT2D eigenvalue weighted by Crippen LogP contribution is -2.31. The third kappa shape index (κ3) is 3.09. The first-order chi connectivity index (χ1) is 8.97. The summed E-state index contributed by atoms with van der Waals surface area (Å²) in [6, 6.07) is 7.81. The fourth-order valence-electron chi connectivity index (χ4n) is 1.96. The Labute approximate surface area is 112 Å². The summed E-state index contributed by atoms with van der Waals surface area (Å²) in [5.74, 6) is -0.200. The monoisotopic (exact) mass is 258 g/mol. The number of rotatable bonds is 3. The maximum atomic E-state index is 12.0. The van der Waals surface area contributed by atoms with Gasteiger partial charge in [-0.15, -0.1) is 0 Å². The third-order valence-electron chi connectivity index (χ3n) is 2.96. The number of pyridine rings is 1. The molecule has 0 fully saturated rings. The van der Waals surface area contributed by atoms with Gasteiger partial charge in [-0.25, -0.2) is 0 Å². The van der Waals surface area contributed by atoms with Crippen molar-refractivity contribution in [3.05, 3.63) is 41.1 Å². The van der Waals surface area contributed by atoms with Gasteiger partial charge in [-0.05, 0) is 39.0 Å². The topological polar surface area (TPSA) is 62.2 Å². The van der Waals surface area contributed by atoms with Gasteiger partial charge >= 0.3 is 0 Å². The molecule has 0 aliphatic carbocycles. The molecule has 19 heavy (non-hydrogen) atoms. The molecule has 0 saturated carbocycles. The summed E-state index contributed by atoms with van der Waals surface area (Å²) in [6.07, 6.45) is -0.556. The first-order valence-electron chi connectivity index (χ1n) is 6.31. The predicted molar refractivity (Wildman–Crippen MR) is 75.2 cm³/mol. The predicted octanol–water partition coefficient (Wildman–Crippen LogP) is 1.96. The number of aliphatic hydroxyl groups excluding tert-OH is 1. The van der Waals surface area contributed by atoms with Gasteiger partial charge in [0.05, 0.1) is 22.9 Å². The van der Waals surface area contributed by atoms with Crippen LogP contribution in [0.15, 0.2) is 24.3 Å². The Bertz CT molecular complexity index is 621. The summed E-state index contributed by atoms with van der Waals surface area (Å²) < 4.78 is 0. The minimum absolute atomic E-state index is 0.200. The molecule has 0 aliphatic rings. The van der Waals surface area contributed by atoms with Crippen molar-refractivity contribution in [2.24, 2.45) is 0 Å². The summed E-state index contributed by atoms with van der Waals surface area (Å²) >= 11 is 0. The molecule has 0 saturated heterocycles. The maximum absolute atomic E-state index is 12.0. The third-order valence-corrected chi connectivity index (χ3v) is 2.96. The highest BCUT2D eigenvalue weighted by molar-refractivity contribution is 5.98. The van der Waals surface area contributed by atoms with Crippen LogP contribution >= 0.6 is 0 Å². The summed E-state index contributed by atoms with van der Waals surface area (Å²) in [5, 5.41) is 12.8. The van der Waals surface area contributed by atoms with Crippen LogP contribution in [0.5, 0.6) is 0 Å².